The minimum Gasteiger partial charge on any atom is -0.396 e. The molecule has 0 aliphatic carbocycles. The minimum absolute atomic E-state index is 0.214. The number of hydrogen-bond acceptors (Lipinski definition) is 5. The molecule has 5 nitrogen and oxygen atoms in total. The maximum absolute atomic E-state index is 11.8. The van der Waals surface area contributed by atoms with E-state index in [1.807, 2.05) is 0 Å². The van der Waals surface area contributed by atoms with Gasteiger partial charge in [0.2, 0.25) is 0 Å². The first-order chi connectivity index (χ1) is 8.09. The predicted octanol–water partition coefficient (Wildman–Crippen LogP) is 0.589. The van der Waals surface area contributed by atoms with Gasteiger partial charge in [-0.15, -0.1) is 0 Å². The van der Waals surface area contributed by atoms with Crippen molar-refractivity contribution < 1.29 is 21.9 Å². The van der Waals surface area contributed by atoms with Gasteiger partial charge >= 0.3 is 0 Å². The van der Waals surface area contributed by atoms with E-state index in [0.29, 0.717) is 5.56 Å². The first-order valence-corrected chi connectivity index (χ1v) is 9.01. The predicted molar refractivity (Wildman–Crippen MR) is 68.2 cm³/mol. The van der Waals surface area contributed by atoms with Crippen LogP contribution in [-0.4, -0.2) is 41.1 Å². The normalized spacial score (nSPS) is 14.4. The van der Waals surface area contributed by atoms with Crippen molar-refractivity contribution in [3.8, 4) is 0 Å². The molecule has 0 saturated carbocycles. The second-order valence-corrected chi connectivity index (χ2v) is 8.24. The molecule has 1 aromatic carbocycles. The van der Waals surface area contributed by atoms with Crippen LogP contribution in [0.1, 0.15) is 18.4 Å². The maximum atomic E-state index is 11.8. The Labute approximate surface area is 107 Å². The van der Waals surface area contributed by atoms with Crippen molar-refractivity contribution in [2.24, 2.45) is 0 Å². The lowest BCUT2D eigenvalue weighted by Crippen LogP contribution is -2.13. The molecule has 102 valence electrons. The largest absolute Gasteiger partial charge is 0.396 e. The summed E-state index contributed by atoms with van der Waals surface area (Å²) in [4.78, 5) is -0.433. The number of hydrogen-bond donors (Lipinski definition) is 1. The summed E-state index contributed by atoms with van der Waals surface area (Å²) in [5.41, 5.74) is 0.322. The highest BCUT2D eigenvalue weighted by Gasteiger charge is 2.25. The molecular weight excluding hydrogens is 276 g/mol. The van der Waals surface area contributed by atoms with Crippen molar-refractivity contribution in [2.45, 2.75) is 22.6 Å². The fraction of sp³-hybridized carbons (Fsp3) is 0.455. The van der Waals surface area contributed by atoms with Gasteiger partial charge in [0.15, 0.2) is 19.7 Å². The molecule has 0 aromatic heterocycles. The van der Waals surface area contributed by atoms with E-state index in [4.69, 9.17) is 5.11 Å². The summed E-state index contributed by atoms with van der Waals surface area (Å²) in [7, 11) is -7.33. The molecule has 1 unspecified atom stereocenters. The van der Waals surface area contributed by atoms with E-state index in [0.717, 1.165) is 12.5 Å². The van der Waals surface area contributed by atoms with Crippen LogP contribution in [-0.2, 0) is 19.7 Å². The zero-order chi connectivity index (χ0) is 14.1. The van der Waals surface area contributed by atoms with Crippen molar-refractivity contribution >= 4 is 19.7 Å². The number of aliphatic hydroxyl groups excluding tert-OH is 1. The number of aliphatic hydroxyl groups is 1. The van der Waals surface area contributed by atoms with E-state index in [-0.39, 0.29) is 16.4 Å². The van der Waals surface area contributed by atoms with Crippen LogP contribution >= 0.6 is 0 Å². The number of sulfone groups is 2. The highest BCUT2D eigenvalue weighted by Crippen LogP contribution is 2.29. The van der Waals surface area contributed by atoms with Gasteiger partial charge in [-0.05, 0) is 11.6 Å². The van der Waals surface area contributed by atoms with Gasteiger partial charge in [-0.1, -0.05) is 19.1 Å². The van der Waals surface area contributed by atoms with Crippen LogP contribution in [0.15, 0.2) is 28.0 Å². The minimum atomic E-state index is -3.69. The van der Waals surface area contributed by atoms with Gasteiger partial charge in [0.05, 0.1) is 9.79 Å². The van der Waals surface area contributed by atoms with Gasteiger partial charge in [-0.25, -0.2) is 16.8 Å². The quantitative estimate of drug-likeness (QED) is 0.877. The van der Waals surface area contributed by atoms with E-state index in [1.165, 1.54) is 18.2 Å². The van der Waals surface area contributed by atoms with Crippen LogP contribution in [0.5, 0.6) is 0 Å². The molecule has 1 N–H and O–H groups in total. The molecular formula is C11H16O5S2. The lowest BCUT2D eigenvalue weighted by atomic mass is 10.0. The van der Waals surface area contributed by atoms with Gasteiger partial charge < -0.3 is 5.11 Å². The average Bonchev–Trinajstić information content (AvgIpc) is 2.24. The van der Waals surface area contributed by atoms with Crippen molar-refractivity contribution in [2.75, 3.05) is 19.1 Å². The molecule has 0 spiro atoms. The Bertz CT molecular complexity index is 644. The third-order valence-electron chi connectivity index (χ3n) is 2.58. The Morgan fingerprint density at radius 2 is 1.67 bits per heavy atom. The fourth-order valence-corrected chi connectivity index (χ4v) is 4.53. The molecule has 0 radical (unpaired) electrons. The molecule has 0 saturated heterocycles. The molecule has 0 aliphatic heterocycles. The van der Waals surface area contributed by atoms with Crippen LogP contribution in [0.3, 0.4) is 0 Å². The smallest absolute Gasteiger partial charge is 0.177 e. The molecule has 0 bridgehead atoms. The Balaban J connectivity index is 3.78. The molecule has 0 heterocycles. The lowest BCUT2D eigenvalue weighted by molar-refractivity contribution is 0.271. The maximum Gasteiger partial charge on any atom is 0.177 e. The Morgan fingerprint density at radius 1 is 1.11 bits per heavy atom. The van der Waals surface area contributed by atoms with E-state index < -0.39 is 25.6 Å². The average molecular weight is 292 g/mol. The summed E-state index contributed by atoms with van der Waals surface area (Å²) in [5.74, 6) is -0.448. The van der Waals surface area contributed by atoms with Crippen LogP contribution < -0.4 is 0 Å². The van der Waals surface area contributed by atoms with E-state index >= 15 is 0 Å². The van der Waals surface area contributed by atoms with Crippen molar-refractivity contribution in [1.82, 2.24) is 0 Å². The standard InChI is InChI=1S/C11H16O5S2/c1-8(7-12)9-5-4-6-10(17(2,13)14)11(9)18(3,15)16/h4-6,8,12H,7H2,1-3H3. The topological polar surface area (TPSA) is 88.5 Å². The molecule has 1 aromatic rings. The number of rotatable bonds is 4. The zero-order valence-corrected chi connectivity index (χ0v) is 12.0. The van der Waals surface area contributed by atoms with Crippen LogP contribution in [0, 0.1) is 0 Å². The van der Waals surface area contributed by atoms with Crippen LogP contribution in [0.4, 0.5) is 0 Å². The second-order valence-electron chi connectivity index (χ2n) is 4.30. The molecule has 7 heteroatoms. The van der Waals surface area contributed by atoms with E-state index in [2.05, 4.69) is 0 Å². The summed E-state index contributed by atoms with van der Waals surface area (Å²) in [6.45, 7) is 1.38. The van der Waals surface area contributed by atoms with Gasteiger partial charge in [-0.3, -0.25) is 0 Å². The Kier molecular flexibility index (Phi) is 4.19. The highest BCUT2D eigenvalue weighted by molar-refractivity contribution is 7.93. The summed E-state index contributed by atoms with van der Waals surface area (Å²) in [6.07, 6.45) is 1.93. The van der Waals surface area contributed by atoms with Gasteiger partial charge in [0.25, 0.3) is 0 Å². The molecule has 1 rings (SSSR count). The highest BCUT2D eigenvalue weighted by atomic mass is 32.2. The van der Waals surface area contributed by atoms with Crippen molar-refractivity contribution in [3.05, 3.63) is 23.8 Å². The first-order valence-electron chi connectivity index (χ1n) is 5.23. The molecule has 1 atom stereocenters. The Hall–Kier alpha value is -0.920. The summed E-state index contributed by atoms with van der Waals surface area (Å²) in [5, 5.41) is 9.13. The first kappa shape index (κ1) is 15.1. The molecule has 18 heavy (non-hydrogen) atoms. The van der Waals surface area contributed by atoms with Crippen molar-refractivity contribution in [3.63, 3.8) is 0 Å². The zero-order valence-electron chi connectivity index (χ0n) is 10.4. The second kappa shape index (κ2) is 4.99. The number of benzene rings is 1. The van der Waals surface area contributed by atoms with Gasteiger partial charge in [-0.2, -0.15) is 0 Å². The van der Waals surface area contributed by atoms with Crippen molar-refractivity contribution in [1.29, 1.82) is 0 Å². The van der Waals surface area contributed by atoms with Gasteiger partial charge in [0.1, 0.15) is 0 Å². The third kappa shape index (κ3) is 3.09. The Morgan fingerprint density at radius 3 is 2.06 bits per heavy atom. The summed E-state index contributed by atoms with van der Waals surface area (Å²) in [6, 6.07) is 4.26. The summed E-state index contributed by atoms with van der Waals surface area (Å²) >= 11 is 0. The summed E-state index contributed by atoms with van der Waals surface area (Å²) < 4.78 is 46.9. The SMILES string of the molecule is CC(CO)c1cccc(S(C)(=O)=O)c1S(C)(=O)=O. The fourth-order valence-electron chi connectivity index (χ4n) is 1.71. The van der Waals surface area contributed by atoms with Crippen LogP contribution in [0.25, 0.3) is 0 Å². The van der Waals surface area contributed by atoms with E-state index in [1.54, 1.807) is 6.92 Å². The third-order valence-corrected chi connectivity index (χ3v) is 5.05. The van der Waals surface area contributed by atoms with Gasteiger partial charge in [0, 0.05) is 25.0 Å². The molecule has 0 fully saturated rings. The van der Waals surface area contributed by atoms with Crippen LogP contribution in [0.2, 0.25) is 0 Å². The monoisotopic (exact) mass is 292 g/mol. The molecule has 0 amide bonds. The van der Waals surface area contributed by atoms with E-state index in [9.17, 15) is 16.8 Å². The molecule has 0 aliphatic rings. The lowest BCUT2D eigenvalue weighted by Gasteiger charge is -2.16.